The molecule has 2 N–H and O–H groups in total. The van der Waals surface area contributed by atoms with Crippen molar-refractivity contribution in [1.82, 2.24) is 0 Å². The third-order valence-corrected chi connectivity index (χ3v) is 3.82. The molecule has 35 heavy (non-hydrogen) atoms. The fourth-order valence-corrected chi connectivity index (χ4v) is 2.44. The van der Waals surface area contributed by atoms with E-state index in [0.29, 0.717) is 5.56 Å². The van der Waals surface area contributed by atoms with Crippen molar-refractivity contribution in [2.24, 2.45) is 5.73 Å². The Morgan fingerprint density at radius 3 is 2.00 bits per heavy atom. The van der Waals surface area contributed by atoms with Crippen LogP contribution in [0.1, 0.15) is 47.1 Å². The van der Waals surface area contributed by atoms with Crippen molar-refractivity contribution in [3.05, 3.63) is 23.8 Å². The molecule has 0 amide bonds. The number of benzene rings is 1. The SMILES string of the molecule is CCOC(=O)Oc1ccc(C[C@H](N)C(=O)O[C@@H](C)COC(=O)OC(C)(C)C)cc1OC(=O)OCC. The highest BCUT2D eigenvalue weighted by molar-refractivity contribution is 5.76. The van der Waals surface area contributed by atoms with Crippen LogP contribution in [-0.2, 0) is 34.9 Å². The largest absolute Gasteiger partial charge is 0.513 e. The molecule has 1 aromatic rings. The number of carbonyl (C=O) groups excluding carboxylic acids is 4. The predicted molar refractivity (Wildman–Crippen MR) is 121 cm³/mol. The van der Waals surface area contributed by atoms with Gasteiger partial charge in [0.25, 0.3) is 0 Å². The first kappa shape index (κ1) is 29.5. The van der Waals surface area contributed by atoms with E-state index in [2.05, 4.69) is 0 Å². The van der Waals surface area contributed by atoms with Gasteiger partial charge < -0.3 is 38.9 Å². The van der Waals surface area contributed by atoms with E-state index < -0.39 is 42.2 Å². The van der Waals surface area contributed by atoms with Crippen molar-refractivity contribution in [3.8, 4) is 11.5 Å². The van der Waals surface area contributed by atoms with Crippen molar-refractivity contribution < 1.29 is 52.3 Å². The van der Waals surface area contributed by atoms with Gasteiger partial charge in [-0.3, -0.25) is 4.79 Å². The highest BCUT2D eigenvalue weighted by atomic mass is 16.7. The molecule has 0 saturated heterocycles. The maximum Gasteiger partial charge on any atom is 0.513 e. The van der Waals surface area contributed by atoms with Gasteiger partial charge in [-0.25, -0.2) is 14.4 Å². The van der Waals surface area contributed by atoms with Crippen molar-refractivity contribution >= 4 is 24.4 Å². The molecule has 0 fully saturated rings. The summed E-state index contributed by atoms with van der Waals surface area (Å²) in [6.45, 7) is 9.73. The van der Waals surface area contributed by atoms with Crippen molar-refractivity contribution in [2.45, 2.75) is 65.7 Å². The first-order valence-electron chi connectivity index (χ1n) is 11.0. The molecule has 0 saturated carbocycles. The highest BCUT2D eigenvalue weighted by Crippen LogP contribution is 2.30. The molecule has 2 atom stereocenters. The number of hydrogen-bond acceptors (Lipinski definition) is 12. The molecule has 12 heteroatoms. The zero-order valence-electron chi connectivity index (χ0n) is 20.8. The third-order valence-electron chi connectivity index (χ3n) is 3.82. The molecular formula is C23H33NO11. The quantitative estimate of drug-likeness (QED) is 0.284. The molecule has 0 aliphatic carbocycles. The van der Waals surface area contributed by atoms with Gasteiger partial charge in [-0.2, -0.15) is 0 Å². The van der Waals surface area contributed by atoms with Gasteiger partial charge in [0, 0.05) is 0 Å². The van der Waals surface area contributed by atoms with Crippen LogP contribution in [0, 0.1) is 0 Å². The van der Waals surface area contributed by atoms with Gasteiger partial charge in [-0.1, -0.05) is 6.07 Å². The molecule has 0 aliphatic rings. The summed E-state index contributed by atoms with van der Waals surface area (Å²) in [5, 5.41) is 0. The number of ether oxygens (including phenoxy) is 7. The van der Waals surface area contributed by atoms with E-state index >= 15 is 0 Å². The summed E-state index contributed by atoms with van der Waals surface area (Å²) in [7, 11) is 0. The maximum atomic E-state index is 12.4. The minimum absolute atomic E-state index is 0.00263. The summed E-state index contributed by atoms with van der Waals surface area (Å²) in [5.41, 5.74) is 5.71. The van der Waals surface area contributed by atoms with Crippen molar-refractivity contribution in [1.29, 1.82) is 0 Å². The Hall–Kier alpha value is -3.54. The Morgan fingerprint density at radius 2 is 1.46 bits per heavy atom. The van der Waals surface area contributed by atoms with Gasteiger partial charge in [0.05, 0.1) is 13.2 Å². The Kier molecular flexibility index (Phi) is 11.8. The van der Waals surface area contributed by atoms with Crippen LogP contribution in [0.15, 0.2) is 18.2 Å². The van der Waals surface area contributed by atoms with Crippen molar-refractivity contribution in [3.63, 3.8) is 0 Å². The lowest BCUT2D eigenvalue weighted by molar-refractivity contribution is -0.152. The summed E-state index contributed by atoms with van der Waals surface area (Å²) in [6, 6.07) is 3.16. The first-order chi connectivity index (χ1) is 16.3. The number of esters is 1. The normalized spacial score (nSPS) is 12.5. The molecule has 0 bridgehead atoms. The number of hydrogen-bond donors (Lipinski definition) is 1. The van der Waals surface area contributed by atoms with E-state index in [-0.39, 0.29) is 37.7 Å². The van der Waals surface area contributed by atoms with Crippen LogP contribution in [0.25, 0.3) is 0 Å². The molecule has 196 valence electrons. The molecule has 0 aliphatic heterocycles. The van der Waals surface area contributed by atoms with E-state index in [1.165, 1.54) is 25.1 Å². The molecule has 12 nitrogen and oxygen atoms in total. The van der Waals surface area contributed by atoms with Crippen LogP contribution >= 0.6 is 0 Å². The predicted octanol–water partition coefficient (Wildman–Crippen LogP) is 3.51. The van der Waals surface area contributed by atoms with Crippen LogP contribution in [-0.4, -0.2) is 62.0 Å². The second-order valence-electron chi connectivity index (χ2n) is 8.18. The average Bonchev–Trinajstić information content (AvgIpc) is 2.73. The van der Waals surface area contributed by atoms with Crippen LogP contribution in [0.2, 0.25) is 0 Å². The topological polar surface area (TPSA) is 159 Å². The lowest BCUT2D eigenvalue weighted by atomic mass is 10.1. The van der Waals surface area contributed by atoms with Gasteiger partial charge in [0.15, 0.2) is 11.5 Å². The molecule has 0 unspecified atom stereocenters. The number of nitrogens with two attached hydrogens (primary N) is 1. The van der Waals surface area contributed by atoms with Crippen LogP contribution in [0.3, 0.4) is 0 Å². The van der Waals surface area contributed by atoms with E-state index in [9.17, 15) is 19.2 Å². The highest BCUT2D eigenvalue weighted by Gasteiger charge is 2.23. The van der Waals surface area contributed by atoms with E-state index in [1.54, 1.807) is 34.6 Å². The summed E-state index contributed by atoms with van der Waals surface area (Å²) in [5.74, 6) is -0.969. The van der Waals surface area contributed by atoms with E-state index in [1.807, 2.05) is 0 Å². The Balaban J connectivity index is 2.78. The van der Waals surface area contributed by atoms with Gasteiger partial charge in [0.1, 0.15) is 24.4 Å². The molecule has 0 spiro atoms. The lowest BCUT2D eigenvalue weighted by Crippen LogP contribution is -2.37. The minimum atomic E-state index is -1.09. The van der Waals surface area contributed by atoms with Gasteiger partial charge in [0.2, 0.25) is 0 Å². The average molecular weight is 500 g/mol. The third kappa shape index (κ3) is 11.9. The summed E-state index contributed by atoms with van der Waals surface area (Å²) in [4.78, 5) is 47.4. The minimum Gasteiger partial charge on any atom is -0.458 e. The second-order valence-corrected chi connectivity index (χ2v) is 8.18. The number of carbonyl (C=O) groups is 4. The Labute approximate surface area is 203 Å². The fourth-order valence-electron chi connectivity index (χ4n) is 2.44. The molecule has 1 rings (SSSR count). The molecular weight excluding hydrogens is 466 g/mol. The van der Waals surface area contributed by atoms with Gasteiger partial charge in [-0.15, -0.1) is 0 Å². The smallest absolute Gasteiger partial charge is 0.458 e. The van der Waals surface area contributed by atoms with Crippen LogP contribution < -0.4 is 15.2 Å². The van der Waals surface area contributed by atoms with Crippen LogP contribution in [0.4, 0.5) is 14.4 Å². The second kappa shape index (κ2) is 14.0. The monoisotopic (exact) mass is 499 g/mol. The molecule has 1 aromatic carbocycles. The van der Waals surface area contributed by atoms with E-state index in [0.717, 1.165) is 0 Å². The molecule has 0 radical (unpaired) electrons. The van der Waals surface area contributed by atoms with Gasteiger partial charge in [-0.05, 0) is 65.7 Å². The summed E-state index contributed by atoms with van der Waals surface area (Å²) in [6.07, 6.45) is -3.66. The molecule has 0 aromatic heterocycles. The molecule has 0 heterocycles. The van der Waals surface area contributed by atoms with Crippen LogP contribution in [0.5, 0.6) is 11.5 Å². The standard InChI is InChI=1S/C23H33NO11/c1-7-29-20(26)33-17-10-9-15(12-18(17)34-21(27)30-8-2)11-16(24)19(25)32-14(3)13-31-22(28)35-23(4,5)6/h9-10,12,14,16H,7-8,11,13,24H2,1-6H3/t14-,16-/m0/s1. The first-order valence-corrected chi connectivity index (χ1v) is 11.0. The van der Waals surface area contributed by atoms with Gasteiger partial charge >= 0.3 is 24.4 Å². The maximum absolute atomic E-state index is 12.4. The summed E-state index contributed by atoms with van der Waals surface area (Å²) >= 11 is 0. The zero-order valence-corrected chi connectivity index (χ0v) is 20.8. The van der Waals surface area contributed by atoms with Crippen molar-refractivity contribution in [2.75, 3.05) is 19.8 Å². The summed E-state index contributed by atoms with van der Waals surface area (Å²) < 4.78 is 34.7. The van der Waals surface area contributed by atoms with E-state index in [4.69, 9.17) is 38.9 Å². The zero-order chi connectivity index (χ0) is 26.6. The Morgan fingerprint density at radius 1 is 0.886 bits per heavy atom. The fraction of sp³-hybridized carbons (Fsp3) is 0.565. The number of rotatable bonds is 10. The lowest BCUT2D eigenvalue weighted by Gasteiger charge is -2.20. The Bertz CT molecular complexity index is 879.